The number of amides is 4. The molecule has 2 N–H and O–H groups in total. The Labute approximate surface area is 112 Å². The van der Waals surface area contributed by atoms with Crippen molar-refractivity contribution in [3.8, 4) is 0 Å². The topological polar surface area (TPSA) is 118 Å². The second-order valence-electron chi connectivity index (χ2n) is 4.10. The van der Waals surface area contributed by atoms with Gasteiger partial charge >= 0.3 is 6.03 Å². The molecule has 0 aromatic heterocycles. The number of nitrogens with zero attached hydrogens (tertiary/aromatic N) is 1. The Hall–Kier alpha value is -3.03. The fraction of sp³-hybridized carbons (Fsp3) is 0.0833. The van der Waals surface area contributed by atoms with Crippen LogP contribution < -0.4 is 10.6 Å². The average molecular weight is 275 g/mol. The van der Waals surface area contributed by atoms with Gasteiger partial charge in [-0.1, -0.05) is 12.1 Å². The van der Waals surface area contributed by atoms with Crippen LogP contribution in [0.25, 0.3) is 6.08 Å². The maximum Gasteiger partial charge on any atom is 0.328 e. The lowest BCUT2D eigenvalue weighted by Gasteiger charge is -2.13. The molecule has 0 radical (unpaired) electrons. The van der Waals surface area contributed by atoms with Gasteiger partial charge in [-0.25, -0.2) is 4.79 Å². The summed E-state index contributed by atoms with van der Waals surface area (Å²) in [5, 5.41) is 14.7. The Kier molecular flexibility index (Phi) is 3.30. The van der Waals surface area contributed by atoms with Gasteiger partial charge in [-0.3, -0.25) is 30.3 Å². The summed E-state index contributed by atoms with van der Waals surface area (Å²) >= 11 is 0. The van der Waals surface area contributed by atoms with Crippen molar-refractivity contribution in [1.29, 1.82) is 0 Å². The molecule has 102 valence electrons. The molecule has 1 aromatic carbocycles. The molecule has 0 spiro atoms. The number of imide groups is 2. The third-order valence-electron chi connectivity index (χ3n) is 2.68. The van der Waals surface area contributed by atoms with Gasteiger partial charge < -0.3 is 0 Å². The molecule has 1 aliphatic rings. The number of nitrogens with one attached hydrogen (secondary N) is 2. The van der Waals surface area contributed by atoms with Crippen LogP contribution in [0, 0.1) is 17.0 Å². The van der Waals surface area contributed by atoms with Crippen LogP contribution in [0.5, 0.6) is 0 Å². The maximum atomic E-state index is 11.5. The van der Waals surface area contributed by atoms with Crippen LogP contribution in [-0.4, -0.2) is 22.8 Å². The van der Waals surface area contributed by atoms with Gasteiger partial charge in [-0.15, -0.1) is 0 Å². The molecule has 0 bridgehead atoms. The van der Waals surface area contributed by atoms with Crippen molar-refractivity contribution in [2.24, 2.45) is 0 Å². The van der Waals surface area contributed by atoms with E-state index in [2.05, 4.69) is 0 Å². The van der Waals surface area contributed by atoms with Crippen LogP contribution in [0.15, 0.2) is 23.8 Å². The van der Waals surface area contributed by atoms with Gasteiger partial charge in [-0.2, -0.15) is 0 Å². The van der Waals surface area contributed by atoms with E-state index in [1.54, 1.807) is 6.92 Å². The molecule has 1 fully saturated rings. The van der Waals surface area contributed by atoms with E-state index in [1.807, 2.05) is 10.6 Å². The van der Waals surface area contributed by atoms with E-state index in [1.165, 1.54) is 24.3 Å². The highest BCUT2D eigenvalue weighted by molar-refractivity contribution is 6.31. The number of barbiturate groups is 1. The number of urea groups is 1. The van der Waals surface area contributed by atoms with Crippen molar-refractivity contribution in [2.75, 3.05) is 0 Å². The molecule has 1 heterocycles. The maximum absolute atomic E-state index is 11.5. The second kappa shape index (κ2) is 4.92. The molecule has 8 heteroatoms. The lowest BCUT2D eigenvalue weighted by Crippen LogP contribution is -2.51. The second-order valence-corrected chi connectivity index (χ2v) is 4.10. The van der Waals surface area contributed by atoms with Gasteiger partial charge in [0.2, 0.25) is 0 Å². The quantitative estimate of drug-likeness (QED) is 0.355. The Bertz CT molecular complexity index is 656. The first kappa shape index (κ1) is 13.4. The van der Waals surface area contributed by atoms with E-state index in [0.717, 1.165) is 0 Å². The molecular formula is C12H9N3O5. The normalized spacial score (nSPS) is 14.7. The summed E-state index contributed by atoms with van der Waals surface area (Å²) in [6.45, 7) is 1.58. The van der Waals surface area contributed by atoms with Gasteiger partial charge in [0.15, 0.2) is 0 Å². The summed E-state index contributed by atoms with van der Waals surface area (Å²) in [4.78, 5) is 44.2. The Morgan fingerprint density at radius 1 is 1.15 bits per heavy atom. The summed E-state index contributed by atoms with van der Waals surface area (Å²) in [5.41, 5.74) is 0.372. The number of hydrogen-bond donors (Lipinski definition) is 2. The highest BCUT2D eigenvalue weighted by atomic mass is 16.6. The smallest absolute Gasteiger partial charge is 0.273 e. The predicted octanol–water partition coefficient (Wildman–Crippen LogP) is 0.653. The summed E-state index contributed by atoms with van der Waals surface area (Å²) in [6, 6.07) is 3.40. The van der Waals surface area contributed by atoms with E-state index in [9.17, 15) is 24.5 Å². The molecule has 1 saturated heterocycles. The van der Waals surface area contributed by atoms with Crippen LogP contribution in [-0.2, 0) is 9.59 Å². The zero-order chi connectivity index (χ0) is 14.9. The first-order valence-electron chi connectivity index (χ1n) is 5.52. The van der Waals surface area contributed by atoms with Crippen molar-refractivity contribution < 1.29 is 19.3 Å². The summed E-state index contributed by atoms with van der Waals surface area (Å²) in [5.74, 6) is -1.69. The fourth-order valence-corrected chi connectivity index (χ4v) is 1.69. The van der Waals surface area contributed by atoms with Crippen LogP contribution >= 0.6 is 0 Å². The van der Waals surface area contributed by atoms with Gasteiger partial charge in [0.1, 0.15) is 5.57 Å². The number of carbonyl (C=O) groups excluding carboxylic acids is 3. The number of benzene rings is 1. The van der Waals surface area contributed by atoms with Crippen molar-refractivity contribution in [3.05, 3.63) is 45.0 Å². The third-order valence-corrected chi connectivity index (χ3v) is 2.68. The summed E-state index contributed by atoms with van der Waals surface area (Å²) in [7, 11) is 0. The molecule has 0 unspecified atom stereocenters. The molecule has 8 nitrogen and oxygen atoms in total. The zero-order valence-electron chi connectivity index (χ0n) is 10.3. The average Bonchev–Trinajstić information content (AvgIpc) is 2.35. The minimum absolute atomic E-state index is 0.118. The first-order chi connectivity index (χ1) is 9.38. The predicted molar refractivity (Wildman–Crippen MR) is 67.5 cm³/mol. The van der Waals surface area contributed by atoms with Crippen LogP contribution in [0.2, 0.25) is 0 Å². The molecule has 1 aliphatic heterocycles. The first-order valence-corrected chi connectivity index (χ1v) is 5.52. The largest absolute Gasteiger partial charge is 0.328 e. The van der Waals surface area contributed by atoms with E-state index in [4.69, 9.17) is 0 Å². The van der Waals surface area contributed by atoms with Gasteiger partial charge in [-0.05, 0) is 18.6 Å². The summed E-state index contributed by atoms with van der Waals surface area (Å²) in [6.07, 6.45) is 1.18. The molecule has 2 rings (SSSR count). The lowest BCUT2D eigenvalue weighted by molar-refractivity contribution is -0.385. The number of carbonyl (C=O) groups is 3. The van der Waals surface area contributed by atoms with Gasteiger partial charge in [0.25, 0.3) is 17.5 Å². The Morgan fingerprint density at radius 3 is 2.30 bits per heavy atom. The molecular weight excluding hydrogens is 266 g/mol. The molecule has 0 aliphatic carbocycles. The van der Waals surface area contributed by atoms with Crippen LogP contribution in [0.1, 0.15) is 11.1 Å². The third kappa shape index (κ3) is 2.53. The number of aryl methyl sites for hydroxylation is 1. The molecule has 4 amide bonds. The fourth-order valence-electron chi connectivity index (χ4n) is 1.69. The standard InChI is InChI=1S/C12H9N3O5/c1-6-2-3-7(5-9(6)15(19)20)4-8-10(16)13-12(18)14-11(8)17/h2-5H,1H3,(H2,13,14,16,17,18). The van der Waals surface area contributed by atoms with Crippen molar-refractivity contribution in [2.45, 2.75) is 6.92 Å². The van der Waals surface area contributed by atoms with Gasteiger partial charge in [0.05, 0.1) is 4.92 Å². The molecule has 0 atom stereocenters. The summed E-state index contributed by atoms with van der Waals surface area (Å²) < 4.78 is 0. The highest BCUT2D eigenvalue weighted by Crippen LogP contribution is 2.21. The van der Waals surface area contributed by atoms with Crippen LogP contribution in [0.4, 0.5) is 10.5 Å². The van der Waals surface area contributed by atoms with E-state index in [-0.39, 0.29) is 11.3 Å². The number of rotatable bonds is 2. The van der Waals surface area contributed by atoms with E-state index >= 15 is 0 Å². The SMILES string of the molecule is Cc1ccc(C=C2C(=O)NC(=O)NC2=O)cc1[N+](=O)[O-]. The van der Waals surface area contributed by atoms with Gasteiger partial charge in [0, 0.05) is 11.6 Å². The van der Waals surface area contributed by atoms with Crippen molar-refractivity contribution >= 4 is 29.6 Å². The molecule has 0 saturated carbocycles. The van der Waals surface area contributed by atoms with Crippen molar-refractivity contribution in [1.82, 2.24) is 10.6 Å². The minimum Gasteiger partial charge on any atom is -0.273 e. The number of nitro groups is 1. The minimum atomic E-state index is -0.896. The highest BCUT2D eigenvalue weighted by Gasteiger charge is 2.27. The Balaban J connectivity index is 2.42. The van der Waals surface area contributed by atoms with E-state index in [0.29, 0.717) is 11.1 Å². The Morgan fingerprint density at radius 2 is 1.75 bits per heavy atom. The monoisotopic (exact) mass is 275 g/mol. The zero-order valence-corrected chi connectivity index (χ0v) is 10.3. The molecule has 1 aromatic rings. The van der Waals surface area contributed by atoms with Crippen molar-refractivity contribution in [3.63, 3.8) is 0 Å². The van der Waals surface area contributed by atoms with E-state index < -0.39 is 22.8 Å². The number of nitro benzene ring substituents is 1. The lowest BCUT2D eigenvalue weighted by atomic mass is 10.1. The number of hydrogen-bond acceptors (Lipinski definition) is 5. The van der Waals surface area contributed by atoms with Crippen LogP contribution in [0.3, 0.4) is 0 Å². The molecule has 20 heavy (non-hydrogen) atoms.